The highest BCUT2D eigenvalue weighted by atomic mass is 19.4. The Morgan fingerprint density at radius 3 is 1.41 bits per heavy atom. The molecule has 0 bridgehead atoms. The molecule has 0 saturated heterocycles. The molecule has 0 atom stereocenters. The van der Waals surface area contributed by atoms with Crippen molar-refractivity contribution in [1.29, 1.82) is 0 Å². The molecule has 0 fully saturated rings. The maximum absolute atomic E-state index is 13.0. The molecular weight excluding hydrogens is 348 g/mol. The second-order valence-corrected chi connectivity index (χ2v) is 4.49. The molecule has 0 N–H and O–H groups in total. The predicted molar refractivity (Wildman–Crippen MR) is 50.3 cm³/mol. The van der Waals surface area contributed by atoms with Gasteiger partial charge in [0, 0.05) is 19.3 Å². The molecule has 0 aromatic carbocycles. The van der Waals surface area contributed by atoms with Gasteiger partial charge >= 0.3 is 30.1 Å². The fraction of sp³-hybridized carbons (Fsp3) is 1.00. The molecule has 0 rings (SSSR count). The van der Waals surface area contributed by atoms with Crippen molar-refractivity contribution in [2.75, 3.05) is 0 Å². The molecule has 0 heterocycles. The van der Waals surface area contributed by atoms with Gasteiger partial charge in [-0.1, -0.05) is 6.92 Å². The summed E-state index contributed by atoms with van der Waals surface area (Å²) in [5.41, 5.74) is 0. The van der Waals surface area contributed by atoms with Crippen LogP contribution >= 0.6 is 0 Å². The third-order valence-electron chi connectivity index (χ3n) is 2.87. The second kappa shape index (κ2) is 5.99. The lowest BCUT2D eigenvalue weighted by atomic mass is 9.94. The molecular formula is C10H10F12. The van der Waals surface area contributed by atoms with E-state index >= 15 is 0 Å². The van der Waals surface area contributed by atoms with Crippen molar-refractivity contribution < 1.29 is 52.7 Å². The van der Waals surface area contributed by atoms with Crippen molar-refractivity contribution in [2.24, 2.45) is 0 Å². The Hall–Kier alpha value is -0.840. The summed E-state index contributed by atoms with van der Waals surface area (Å²) in [7, 11) is 0. The van der Waals surface area contributed by atoms with Crippen LogP contribution in [0.3, 0.4) is 0 Å². The lowest BCUT2D eigenvalue weighted by Crippen LogP contribution is -2.64. The van der Waals surface area contributed by atoms with E-state index in [9.17, 15) is 52.7 Å². The smallest absolute Gasteiger partial charge is 0.207 e. The van der Waals surface area contributed by atoms with Gasteiger partial charge in [-0.2, -0.15) is 35.1 Å². The lowest BCUT2D eigenvalue weighted by Gasteiger charge is -2.36. The molecule has 0 unspecified atom stereocenters. The van der Waals surface area contributed by atoms with Crippen LogP contribution in [0.25, 0.3) is 0 Å². The number of alkyl halides is 12. The van der Waals surface area contributed by atoms with Gasteiger partial charge in [0.05, 0.1) is 0 Å². The Labute approximate surface area is 116 Å². The maximum Gasteiger partial charge on any atom is 0.384 e. The molecule has 0 aliphatic rings. The van der Waals surface area contributed by atoms with E-state index in [2.05, 4.69) is 0 Å². The number of halogens is 12. The first-order valence-electron chi connectivity index (χ1n) is 5.63. The van der Waals surface area contributed by atoms with Crippen molar-refractivity contribution in [2.45, 2.75) is 62.2 Å². The average molecular weight is 358 g/mol. The Bertz CT molecular complexity index is 372. The first-order valence-corrected chi connectivity index (χ1v) is 5.63. The predicted octanol–water partition coefficient (Wildman–Crippen LogP) is 5.62. The summed E-state index contributed by atoms with van der Waals surface area (Å²) in [5, 5.41) is 0. The minimum Gasteiger partial charge on any atom is -0.207 e. The SMILES string of the molecule is CCC(F)(F)CCC(F)(F)C(F)(F)C(F)(F)C(F)(F)C(F)F. The van der Waals surface area contributed by atoms with Crippen molar-refractivity contribution in [3.63, 3.8) is 0 Å². The van der Waals surface area contributed by atoms with Gasteiger partial charge in [0.2, 0.25) is 5.92 Å². The van der Waals surface area contributed by atoms with Gasteiger partial charge in [-0.15, -0.1) is 0 Å². The monoisotopic (exact) mass is 358 g/mol. The van der Waals surface area contributed by atoms with E-state index < -0.39 is 55.3 Å². The van der Waals surface area contributed by atoms with Crippen molar-refractivity contribution in [3.8, 4) is 0 Å². The van der Waals surface area contributed by atoms with Crippen LogP contribution < -0.4 is 0 Å². The first kappa shape index (κ1) is 21.2. The molecule has 0 aliphatic carbocycles. The maximum atomic E-state index is 13.0. The van der Waals surface area contributed by atoms with Crippen LogP contribution in [0.1, 0.15) is 26.2 Å². The molecule has 134 valence electrons. The van der Waals surface area contributed by atoms with Gasteiger partial charge in [-0.25, -0.2) is 17.6 Å². The van der Waals surface area contributed by atoms with Crippen LogP contribution in [0.15, 0.2) is 0 Å². The van der Waals surface area contributed by atoms with Gasteiger partial charge in [0.15, 0.2) is 0 Å². The quantitative estimate of drug-likeness (QED) is 0.494. The number of hydrogen-bond acceptors (Lipinski definition) is 0. The Morgan fingerprint density at radius 2 is 1.09 bits per heavy atom. The van der Waals surface area contributed by atoms with E-state index in [1.807, 2.05) is 0 Å². The largest absolute Gasteiger partial charge is 0.384 e. The third-order valence-corrected chi connectivity index (χ3v) is 2.87. The fourth-order valence-electron chi connectivity index (χ4n) is 1.25. The lowest BCUT2D eigenvalue weighted by molar-refractivity contribution is -0.385. The zero-order valence-corrected chi connectivity index (χ0v) is 10.7. The molecule has 0 aromatic rings. The molecule has 0 aromatic heterocycles. The summed E-state index contributed by atoms with van der Waals surface area (Å²) < 4.78 is 151. The van der Waals surface area contributed by atoms with Gasteiger partial charge in [-0.3, -0.25) is 0 Å². The first-order chi connectivity index (χ1) is 9.46. The van der Waals surface area contributed by atoms with Crippen LogP contribution in [0.5, 0.6) is 0 Å². The van der Waals surface area contributed by atoms with E-state index in [1.165, 1.54) is 0 Å². The third kappa shape index (κ3) is 3.55. The van der Waals surface area contributed by atoms with Crippen LogP contribution in [-0.4, -0.2) is 36.0 Å². The highest BCUT2D eigenvalue weighted by Crippen LogP contribution is 2.55. The molecule has 0 radical (unpaired) electrons. The molecule has 0 aliphatic heterocycles. The van der Waals surface area contributed by atoms with Gasteiger partial charge in [0.25, 0.3) is 0 Å². The highest BCUT2D eigenvalue weighted by molar-refractivity contribution is 5.04. The molecule has 12 heteroatoms. The molecule has 0 saturated carbocycles. The van der Waals surface area contributed by atoms with Crippen LogP contribution in [-0.2, 0) is 0 Å². The summed E-state index contributed by atoms with van der Waals surface area (Å²) in [6, 6.07) is 0. The minimum atomic E-state index is -7.14. The molecule has 0 spiro atoms. The minimum absolute atomic E-state index is 0.774. The number of rotatable bonds is 8. The Kier molecular flexibility index (Phi) is 5.76. The second-order valence-electron chi connectivity index (χ2n) is 4.49. The highest BCUT2D eigenvalue weighted by Gasteiger charge is 2.82. The van der Waals surface area contributed by atoms with Crippen LogP contribution in [0.4, 0.5) is 52.7 Å². The Balaban J connectivity index is 5.51. The van der Waals surface area contributed by atoms with Gasteiger partial charge < -0.3 is 0 Å². The van der Waals surface area contributed by atoms with Crippen LogP contribution in [0.2, 0.25) is 0 Å². The van der Waals surface area contributed by atoms with E-state index in [1.54, 1.807) is 0 Å². The Morgan fingerprint density at radius 1 is 0.682 bits per heavy atom. The zero-order valence-electron chi connectivity index (χ0n) is 10.7. The average Bonchev–Trinajstić information content (AvgIpc) is 2.35. The van der Waals surface area contributed by atoms with Gasteiger partial charge in [0.1, 0.15) is 0 Å². The van der Waals surface area contributed by atoms with Crippen molar-refractivity contribution in [1.82, 2.24) is 0 Å². The normalized spacial score (nSPS) is 15.5. The van der Waals surface area contributed by atoms with E-state index in [-0.39, 0.29) is 0 Å². The summed E-state index contributed by atoms with van der Waals surface area (Å²) in [6.45, 7) is 0.774. The summed E-state index contributed by atoms with van der Waals surface area (Å²) in [6.07, 6.45) is -11.1. The molecule has 22 heavy (non-hydrogen) atoms. The van der Waals surface area contributed by atoms with E-state index in [0.29, 0.717) is 0 Å². The standard InChI is InChI=1S/C10H10F12/c1-2-6(13,14)3-4-7(15,16)9(19,20)10(21,22)8(17,18)5(11)12/h5H,2-4H2,1H3. The fourth-order valence-corrected chi connectivity index (χ4v) is 1.25. The zero-order chi connectivity index (χ0) is 18.2. The van der Waals surface area contributed by atoms with E-state index in [0.717, 1.165) is 6.92 Å². The van der Waals surface area contributed by atoms with Crippen molar-refractivity contribution >= 4 is 0 Å². The van der Waals surface area contributed by atoms with E-state index in [4.69, 9.17) is 0 Å². The van der Waals surface area contributed by atoms with Crippen molar-refractivity contribution in [3.05, 3.63) is 0 Å². The topological polar surface area (TPSA) is 0 Å². The number of hydrogen-bond donors (Lipinski definition) is 0. The summed E-state index contributed by atoms with van der Waals surface area (Å²) in [5.74, 6) is -30.8. The molecule has 0 nitrogen and oxygen atoms in total. The van der Waals surface area contributed by atoms with Crippen LogP contribution in [0, 0.1) is 0 Å². The summed E-state index contributed by atoms with van der Waals surface area (Å²) >= 11 is 0. The summed E-state index contributed by atoms with van der Waals surface area (Å²) in [4.78, 5) is 0. The molecule has 0 amide bonds. The van der Waals surface area contributed by atoms with Gasteiger partial charge in [-0.05, 0) is 0 Å².